The van der Waals surface area contributed by atoms with Crippen molar-refractivity contribution in [1.29, 1.82) is 0 Å². The number of anilines is 1. The predicted octanol–water partition coefficient (Wildman–Crippen LogP) is 4.89. The first-order valence-corrected chi connectivity index (χ1v) is 9.23. The smallest absolute Gasteiger partial charge is 0.227 e. The van der Waals surface area contributed by atoms with Crippen molar-refractivity contribution in [1.82, 2.24) is 10.1 Å². The van der Waals surface area contributed by atoms with E-state index in [9.17, 15) is 9.18 Å². The number of carbonyl (C=O) groups excluding carboxylic acids is 1. The number of ether oxygens (including phenoxy) is 1. The Kier molecular flexibility index (Phi) is 6.60. The van der Waals surface area contributed by atoms with Gasteiger partial charge in [-0.05, 0) is 48.9 Å². The van der Waals surface area contributed by atoms with Gasteiger partial charge in [0.2, 0.25) is 17.6 Å². The van der Waals surface area contributed by atoms with Crippen LogP contribution in [-0.4, -0.2) is 22.7 Å². The molecule has 0 atom stereocenters. The Hall–Kier alpha value is -2.93. The molecule has 0 spiro atoms. The first-order chi connectivity index (χ1) is 13.5. The second kappa shape index (κ2) is 9.32. The number of carbonyl (C=O) groups is 1. The van der Waals surface area contributed by atoms with E-state index in [0.29, 0.717) is 40.3 Å². The molecule has 1 heterocycles. The van der Waals surface area contributed by atoms with Crippen molar-refractivity contribution in [3.05, 3.63) is 59.2 Å². The summed E-state index contributed by atoms with van der Waals surface area (Å²) in [6, 6.07) is 10.8. The summed E-state index contributed by atoms with van der Waals surface area (Å²) in [6.45, 7) is 2.54. The molecule has 6 nitrogen and oxygen atoms in total. The molecule has 0 fully saturated rings. The topological polar surface area (TPSA) is 77.2 Å². The van der Waals surface area contributed by atoms with Crippen LogP contribution in [0.3, 0.4) is 0 Å². The number of halogens is 2. The second-order valence-corrected chi connectivity index (χ2v) is 6.49. The van der Waals surface area contributed by atoms with Gasteiger partial charge in [-0.1, -0.05) is 23.7 Å². The summed E-state index contributed by atoms with van der Waals surface area (Å²) in [4.78, 5) is 16.5. The van der Waals surface area contributed by atoms with E-state index in [0.717, 1.165) is 6.42 Å². The van der Waals surface area contributed by atoms with Gasteiger partial charge in [-0.2, -0.15) is 4.98 Å². The van der Waals surface area contributed by atoms with Crippen LogP contribution in [0.25, 0.3) is 11.4 Å². The molecule has 0 saturated carbocycles. The summed E-state index contributed by atoms with van der Waals surface area (Å²) in [5, 5.41) is 7.16. The average Bonchev–Trinajstić information content (AvgIpc) is 3.15. The first-order valence-electron chi connectivity index (χ1n) is 8.86. The Labute approximate surface area is 166 Å². The van der Waals surface area contributed by atoms with Gasteiger partial charge in [0.25, 0.3) is 0 Å². The maximum absolute atomic E-state index is 13.0. The molecule has 0 saturated heterocycles. The molecule has 3 aromatic rings. The van der Waals surface area contributed by atoms with Gasteiger partial charge in [-0.3, -0.25) is 4.79 Å². The molecular formula is C20H19ClFN3O3. The lowest BCUT2D eigenvalue weighted by Gasteiger charge is -2.12. The second-order valence-electron chi connectivity index (χ2n) is 6.06. The third-order valence-electron chi connectivity index (χ3n) is 3.81. The molecule has 1 amide bonds. The van der Waals surface area contributed by atoms with Crippen LogP contribution < -0.4 is 10.1 Å². The van der Waals surface area contributed by atoms with E-state index in [4.69, 9.17) is 20.9 Å². The zero-order valence-corrected chi connectivity index (χ0v) is 16.0. The highest BCUT2D eigenvalue weighted by Gasteiger charge is 2.13. The van der Waals surface area contributed by atoms with Crippen molar-refractivity contribution in [3.63, 3.8) is 0 Å². The number of amides is 1. The Balaban J connectivity index is 1.59. The third kappa shape index (κ3) is 5.29. The summed E-state index contributed by atoms with van der Waals surface area (Å²) >= 11 is 6.01. The molecule has 2 aromatic carbocycles. The average molecular weight is 404 g/mol. The minimum absolute atomic E-state index is 0.144. The van der Waals surface area contributed by atoms with Crippen LogP contribution >= 0.6 is 11.6 Å². The number of nitrogens with one attached hydrogen (secondary N) is 1. The van der Waals surface area contributed by atoms with Gasteiger partial charge in [0.15, 0.2) is 0 Å². The molecule has 0 aliphatic carbocycles. The van der Waals surface area contributed by atoms with E-state index in [2.05, 4.69) is 15.5 Å². The Morgan fingerprint density at radius 3 is 2.79 bits per heavy atom. The molecule has 1 N–H and O–H groups in total. The standard InChI is InChI=1S/C20H19ClFN3O3/c1-2-11-27-17-8-5-14(21)12-16(17)23-18(26)9-10-19-24-20(25-28-19)13-3-6-15(22)7-4-13/h3-8,12H,2,9-11H2,1H3,(H,23,26). The number of hydrogen-bond donors (Lipinski definition) is 1. The summed E-state index contributed by atoms with van der Waals surface area (Å²) in [7, 11) is 0. The van der Waals surface area contributed by atoms with Crippen molar-refractivity contribution in [3.8, 4) is 17.1 Å². The zero-order valence-electron chi connectivity index (χ0n) is 15.2. The minimum Gasteiger partial charge on any atom is -0.491 e. The van der Waals surface area contributed by atoms with E-state index in [1.165, 1.54) is 12.1 Å². The lowest BCUT2D eigenvalue weighted by molar-refractivity contribution is -0.116. The Bertz CT molecular complexity index is 944. The SMILES string of the molecule is CCCOc1ccc(Cl)cc1NC(=O)CCc1nc(-c2ccc(F)cc2)no1. The number of aromatic nitrogens is 2. The highest BCUT2D eigenvalue weighted by Crippen LogP contribution is 2.28. The third-order valence-corrected chi connectivity index (χ3v) is 4.05. The fraction of sp³-hybridized carbons (Fsp3) is 0.250. The highest BCUT2D eigenvalue weighted by atomic mass is 35.5. The molecule has 1 aromatic heterocycles. The van der Waals surface area contributed by atoms with E-state index < -0.39 is 0 Å². The van der Waals surface area contributed by atoms with Gasteiger partial charge in [0, 0.05) is 23.4 Å². The molecule has 0 bridgehead atoms. The molecule has 0 aliphatic rings. The maximum atomic E-state index is 13.0. The van der Waals surface area contributed by atoms with Crippen LogP contribution in [0.4, 0.5) is 10.1 Å². The van der Waals surface area contributed by atoms with E-state index >= 15 is 0 Å². The molecule has 0 aliphatic heterocycles. The van der Waals surface area contributed by atoms with Gasteiger partial charge >= 0.3 is 0 Å². The fourth-order valence-corrected chi connectivity index (χ4v) is 2.62. The minimum atomic E-state index is -0.340. The number of hydrogen-bond acceptors (Lipinski definition) is 5. The molecule has 28 heavy (non-hydrogen) atoms. The number of rotatable bonds is 8. The summed E-state index contributed by atoms with van der Waals surface area (Å²) in [5.41, 5.74) is 1.15. The van der Waals surface area contributed by atoms with Crippen molar-refractivity contribution in [2.75, 3.05) is 11.9 Å². The molecule has 8 heteroatoms. The largest absolute Gasteiger partial charge is 0.491 e. The van der Waals surface area contributed by atoms with Crippen molar-refractivity contribution in [2.24, 2.45) is 0 Å². The van der Waals surface area contributed by atoms with Crippen molar-refractivity contribution in [2.45, 2.75) is 26.2 Å². The highest BCUT2D eigenvalue weighted by molar-refractivity contribution is 6.31. The quantitative estimate of drug-likeness (QED) is 0.579. The fourth-order valence-electron chi connectivity index (χ4n) is 2.44. The van der Waals surface area contributed by atoms with Crippen LogP contribution in [-0.2, 0) is 11.2 Å². The summed E-state index contributed by atoms with van der Waals surface area (Å²) in [6.07, 6.45) is 1.26. The summed E-state index contributed by atoms with van der Waals surface area (Å²) in [5.74, 6) is 0.664. The Morgan fingerprint density at radius 2 is 2.04 bits per heavy atom. The van der Waals surface area contributed by atoms with Crippen LogP contribution in [0, 0.1) is 5.82 Å². The maximum Gasteiger partial charge on any atom is 0.227 e. The zero-order chi connectivity index (χ0) is 19.9. The number of aryl methyl sites for hydroxylation is 1. The van der Waals surface area contributed by atoms with E-state index in [1.54, 1.807) is 30.3 Å². The van der Waals surface area contributed by atoms with E-state index in [-0.39, 0.29) is 24.6 Å². The van der Waals surface area contributed by atoms with Crippen LogP contribution in [0.2, 0.25) is 5.02 Å². The normalized spacial score (nSPS) is 10.7. The Morgan fingerprint density at radius 1 is 1.25 bits per heavy atom. The summed E-state index contributed by atoms with van der Waals surface area (Å²) < 4.78 is 23.8. The van der Waals surface area contributed by atoms with Gasteiger partial charge < -0.3 is 14.6 Å². The molecular weight excluding hydrogens is 385 g/mol. The van der Waals surface area contributed by atoms with Crippen LogP contribution in [0.15, 0.2) is 47.0 Å². The van der Waals surface area contributed by atoms with Crippen molar-refractivity contribution < 1.29 is 18.4 Å². The lowest BCUT2D eigenvalue weighted by Crippen LogP contribution is -2.13. The van der Waals surface area contributed by atoms with Gasteiger partial charge in [-0.25, -0.2) is 4.39 Å². The van der Waals surface area contributed by atoms with Gasteiger partial charge in [0.05, 0.1) is 12.3 Å². The van der Waals surface area contributed by atoms with Crippen LogP contribution in [0.5, 0.6) is 5.75 Å². The van der Waals surface area contributed by atoms with Crippen LogP contribution in [0.1, 0.15) is 25.7 Å². The molecule has 3 rings (SSSR count). The lowest BCUT2D eigenvalue weighted by atomic mass is 10.2. The van der Waals surface area contributed by atoms with Gasteiger partial charge in [-0.15, -0.1) is 0 Å². The van der Waals surface area contributed by atoms with E-state index in [1.807, 2.05) is 6.92 Å². The first kappa shape index (κ1) is 19.8. The molecule has 0 radical (unpaired) electrons. The predicted molar refractivity (Wildman–Crippen MR) is 104 cm³/mol. The van der Waals surface area contributed by atoms with Gasteiger partial charge in [0.1, 0.15) is 11.6 Å². The number of benzene rings is 2. The number of nitrogens with zero attached hydrogens (tertiary/aromatic N) is 2. The monoisotopic (exact) mass is 403 g/mol. The molecule has 146 valence electrons. The molecule has 0 unspecified atom stereocenters. The van der Waals surface area contributed by atoms with Crippen molar-refractivity contribution >= 4 is 23.2 Å².